The minimum Gasteiger partial charge on any atom is -0.481 e. The van der Waals surface area contributed by atoms with Crippen LogP contribution in [0.1, 0.15) is 29.0 Å². The van der Waals surface area contributed by atoms with Gasteiger partial charge in [-0.1, -0.05) is 60.1 Å². The maximum Gasteiger partial charge on any atom is 0.407 e. The summed E-state index contributed by atoms with van der Waals surface area (Å²) in [6.45, 7) is 1.75. The molecule has 1 aliphatic rings. The molecule has 0 saturated heterocycles. The Morgan fingerprint density at radius 3 is 2.26 bits per heavy atom. The maximum absolute atomic E-state index is 12.7. The molecule has 4 rings (SSSR count). The highest BCUT2D eigenvalue weighted by Gasteiger charge is 2.30. The summed E-state index contributed by atoms with van der Waals surface area (Å²) in [5, 5.41) is 14.2. The molecule has 1 aliphatic carbocycles. The summed E-state index contributed by atoms with van der Waals surface area (Å²) in [5.41, 5.74) is 5.14. The number of aromatic nitrogens is 1. The normalized spacial score (nSPS) is 12.9. The Kier molecular flexibility index (Phi) is 6.79. The van der Waals surface area contributed by atoms with Crippen LogP contribution >= 0.6 is 11.6 Å². The summed E-state index contributed by atoms with van der Waals surface area (Å²) in [7, 11) is 0. The van der Waals surface area contributed by atoms with Crippen LogP contribution < -0.4 is 10.6 Å². The van der Waals surface area contributed by atoms with Crippen molar-refractivity contribution in [3.63, 3.8) is 0 Å². The van der Waals surface area contributed by atoms with Crippen molar-refractivity contribution in [3.05, 3.63) is 82.6 Å². The van der Waals surface area contributed by atoms with E-state index < -0.39 is 30.4 Å². The zero-order valence-corrected chi connectivity index (χ0v) is 19.0. The predicted molar refractivity (Wildman–Crippen MR) is 127 cm³/mol. The molecule has 3 N–H and O–H groups in total. The lowest BCUT2D eigenvalue weighted by molar-refractivity contribution is -0.139. The molecule has 2 aromatic carbocycles. The van der Waals surface area contributed by atoms with E-state index in [0.29, 0.717) is 5.56 Å². The lowest BCUT2D eigenvalue weighted by atomic mass is 9.98. The molecule has 0 fully saturated rings. The average Bonchev–Trinajstić information content (AvgIpc) is 3.13. The molecule has 0 bridgehead atoms. The van der Waals surface area contributed by atoms with Gasteiger partial charge in [0, 0.05) is 12.1 Å². The van der Waals surface area contributed by atoms with Gasteiger partial charge in [-0.2, -0.15) is 0 Å². The van der Waals surface area contributed by atoms with Gasteiger partial charge < -0.3 is 20.5 Å². The summed E-state index contributed by atoms with van der Waals surface area (Å²) in [5.74, 6) is -2.16. The molecule has 8 nitrogen and oxygen atoms in total. The van der Waals surface area contributed by atoms with Crippen molar-refractivity contribution in [1.29, 1.82) is 0 Å². The van der Waals surface area contributed by atoms with Crippen LogP contribution in [0.25, 0.3) is 11.1 Å². The number of hydrogen-bond acceptors (Lipinski definition) is 5. The van der Waals surface area contributed by atoms with Crippen molar-refractivity contribution < 1.29 is 24.2 Å². The lowest BCUT2D eigenvalue weighted by Gasteiger charge is -2.19. The summed E-state index contributed by atoms with van der Waals surface area (Å²) >= 11 is 6.04. The highest BCUT2D eigenvalue weighted by atomic mass is 35.5. The van der Waals surface area contributed by atoms with Crippen LogP contribution in [0.15, 0.2) is 60.8 Å². The molecule has 1 heterocycles. The number of aryl methyl sites for hydroxylation is 1. The second-order valence-corrected chi connectivity index (χ2v) is 8.26. The number of halogens is 1. The molecule has 1 aromatic heterocycles. The van der Waals surface area contributed by atoms with E-state index in [4.69, 9.17) is 16.3 Å². The first-order valence-corrected chi connectivity index (χ1v) is 11.0. The van der Waals surface area contributed by atoms with Crippen molar-refractivity contribution in [2.75, 3.05) is 11.9 Å². The molecule has 9 heteroatoms. The second kappa shape index (κ2) is 9.93. The fourth-order valence-corrected chi connectivity index (χ4v) is 4.30. The van der Waals surface area contributed by atoms with Gasteiger partial charge in [0.2, 0.25) is 5.91 Å². The molecule has 1 atom stereocenters. The number of pyridine rings is 1. The van der Waals surface area contributed by atoms with Crippen LogP contribution in [-0.2, 0) is 14.3 Å². The number of aliphatic carboxylic acids is 1. The van der Waals surface area contributed by atoms with Crippen LogP contribution in [0, 0.1) is 6.92 Å². The third kappa shape index (κ3) is 4.87. The number of carboxylic acids is 1. The lowest BCUT2D eigenvalue weighted by Crippen LogP contribution is -2.45. The molecule has 0 aliphatic heterocycles. The fraction of sp³-hybridized carbons (Fsp3) is 0.200. The average molecular weight is 480 g/mol. The number of carboxylic acid groups (broad SMARTS) is 1. The van der Waals surface area contributed by atoms with E-state index in [0.717, 1.165) is 22.3 Å². The minimum absolute atomic E-state index is 0.0365. The Labute approximate surface area is 200 Å². The van der Waals surface area contributed by atoms with Gasteiger partial charge in [-0.15, -0.1) is 0 Å². The Balaban J connectivity index is 1.45. The topological polar surface area (TPSA) is 118 Å². The smallest absolute Gasteiger partial charge is 0.407 e. The number of carbonyl (C=O) groups is 3. The summed E-state index contributed by atoms with van der Waals surface area (Å²) in [6, 6.07) is 16.1. The van der Waals surface area contributed by atoms with Crippen molar-refractivity contribution in [2.45, 2.75) is 25.3 Å². The number of nitrogens with one attached hydrogen (secondary N) is 2. The first kappa shape index (κ1) is 23.3. The number of fused-ring (bicyclic) bond motifs is 3. The van der Waals surface area contributed by atoms with Crippen LogP contribution in [0.5, 0.6) is 0 Å². The summed E-state index contributed by atoms with van der Waals surface area (Å²) < 4.78 is 5.44. The minimum atomic E-state index is -1.37. The van der Waals surface area contributed by atoms with Gasteiger partial charge in [-0.25, -0.2) is 9.78 Å². The van der Waals surface area contributed by atoms with Gasteiger partial charge in [0.15, 0.2) is 5.15 Å². The molecule has 0 spiro atoms. The number of alkyl carbamates (subject to hydrolysis) is 1. The monoisotopic (exact) mass is 479 g/mol. The highest BCUT2D eigenvalue weighted by molar-refractivity contribution is 6.32. The molecule has 1 unspecified atom stereocenters. The zero-order chi connectivity index (χ0) is 24.2. The Morgan fingerprint density at radius 1 is 1.06 bits per heavy atom. The number of rotatable bonds is 7. The number of hydrogen-bond donors (Lipinski definition) is 3. The third-order valence-corrected chi connectivity index (χ3v) is 5.98. The molecule has 34 heavy (non-hydrogen) atoms. The quantitative estimate of drug-likeness (QED) is 0.433. The van der Waals surface area contributed by atoms with Gasteiger partial charge >= 0.3 is 12.1 Å². The Bertz CT molecular complexity index is 1200. The fourth-order valence-electron chi connectivity index (χ4n) is 4.05. The van der Waals surface area contributed by atoms with E-state index in [1.54, 1.807) is 13.0 Å². The standard InChI is InChI=1S/C25H22ClN3O5/c1-14-10-11-27-23(26)22(14)29-24(32)20(12-21(30)31)28-25(33)34-13-19-17-8-4-2-6-15(17)16-7-3-5-9-18(16)19/h2-11,19-20H,12-13H2,1H3,(H,28,33)(H,29,32)(H,30,31). The van der Waals surface area contributed by atoms with Crippen molar-refractivity contribution in [1.82, 2.24) is 10.3 Å². The zero-order valence-electron chi connectivity index (χ0n) is 18.2. The number of ether oxygens (including phenoxy) is 1. The largest absolute Gasteiger partial charge is 0.481 e. The maximum atomic E-state index is 12.7. The van der Waals surface area contributed by atoms with Crippen LogP contribution in [0.4, 0.5) is 10.5 Å². The van der Waals surface area contributed by atoms with Crippen molar-refractivity contribution in [3.8, 4) is 11.1 Å². The van der Waals surface area contributed by atoms with Gasteiger partial charge in [-0.3, -0.25) is 9.59 Å². The second-order valence-electron chi connectivity index (χ2n) is 7.90. The predicted octanol–water partition coefficient (Wildman–Crippen LogP) is 4.36. The summed E-state index contributed by atoms with van der Waals surface area (Å²) in [4.78, 5) is 40.5. The number of anilines is 1. The molecule has 3 aromatic rings. The van der Waals surface area contributed by atoms with E-state index in [-0.39, 0.29) is 23.4 Å². The van der Waals surface area contributed by atoms with Crippen molar-refractivity contribution in [2.24, 2.45) is 0 Å². The first-order chi connectivity index (χ1) is 16.3. The van der Waals surface area contributed by atoms with Crippen LogP contribution in [0.2, 0.25) is 5.15 Å². The molecular weight excluding hydrogens is 458 g/mol. The number of nitrogens with zero attached hydrogens (tertiary/aromatic N) is 1. The Morgan fingerprint density at radius 2 is 1.68 bits per heavy atom. The molecule has 0 radical (unpaired) electrons. The van der Waals surface area contributed by atoms with Gasteiger partial charge in [-0.05, 0) is 40.8 Å². The Hall–Kier alpha value is -3.91. The van der Waals surface area contributed by atoms with E-state index in [1.807, 2.05) is 48.5 Å². The van der Waals surface area contributed by atoms with Gasteiger partial charge in [0.05, 0.1) is 12.1 Å². The highest BCUT2D eigenvalue weighted by Crippen LogP contribution is 2.44. The molecular formula is C25H22ClN3O5. The third-order valence-electron chi connectivity index (χ3n) is 5.69. The van der Waals surface area contributed by atoms with E-state index in [9.17, 15) is 19.5 Å². The first-order valence-electron chi connectivity index (χ1n) is 10.6. The van der Waals surface area contributed by atoms with Gasteiger partial charge in [0.25, 0.3) is 0 Å². The van der Waals surface area contributed by atoms with E-state index in [1.165, 1.54) is 6.20 Å². The SMILES string of the molecule is Cc1ccnc(Cl)c1NC(=O)C(CC(=O)O)NC(=O)OCC1c2ccccc2-c2ccccc21. The van der Waals surface area contributed by atoms with Crippen LogP contribution in [0.3, 0.4) is 0 Å². The molecule has 0 saturated carbocycles. The van der Waals surface area contributed by atoms with Crippen LogP contribution in [-0.4, -0.2) is 40.7 Å². The number of amides is 2. The van der Waals surface area contributed by atoms with Gasteiger partial charge in [0.1, 0.15) is 12.6 Å². The molecule has 174 valence electrons. The van der Waals surface area contributed by atoms with E-state index >= 15 is 0 Å². The summed E-state index contributed by atoms with van der Waals surface area (Å²) in [6.07, 6.45) is -0.0403. The van der Waals surface area contributed by atoms with Crippen molar-refractivity contribution >= 4 is 35.3 Å². The number of benzene rings is 2. The number of carbonyl (C=O) groups excluding carboxylic acids is 2. The van der Waals surface area contributed by atoms with E-state index in [2.05, 4.69) is 15.6 Å². The molecule has 2 amide bonds.